The first-order valence-corrected chi connectivity index (χ1v) is 8.01. The summed E-state index contributed by atoms with van der Waals surface area (Å²) in [4.78, 5) is 15.7. The number of rotatable bonds is 7. The van der Waals surface area contributed by atoms with Crippen LogP contribution in [-0.2, 0) is 11.3 Å². The smallest absolute Gasteiger partial charge is 0.411 e. The van der Waals surface area contributed by atoms with Gasteiger partial charge in [-0.25, -0.2) is 9.79 Å². The van der Waals surface area contributed by atoms with E-state index in [0.717, 1.165) is 31.0 Å². The highest BCUT2D eigenvalue weighted by Gasteiger charge is 2.01. The summed E-state index contributed by atoms with van der Waals surface area (Å²) in [5.41, 5.74) is 1.77. The van der Waals surface area contributed by atoms with Gasteiger partial charge in [0.15, 0.2) is 5.96 Å². The third-order valence-electron chi connectivity index (χ3n) is 3.16. The van der Waals surface area contributed by atoms with Crippen LogP contribution in [0.2, 0.25) is 0 Å². The Labute approximate surface area is 138 Å². The van der Waals surface area contributed by atoms with Gasteiger partial charge in [0, 0.05) is 18.8 Å². The minimum absolute atomic E-state index is 0.473. The maximum atomic E-state index is 11.1. The fourth-order valence-corrected chi connectivity index (χ4v) is 1.85. The molecule has 1 aromatic rings. The molecule has 1 aromatic carbocycles. The van der Waals surface area contributed by atoms with Crippen molar-refractivity contribution in [1.29, 1.82) is 0 Å². The zero-order valence-corrected chi connectivity index (χ0v) is 14.5. The van der Waals surface area contributed by atoms with Crippen molar-refractivity contribution in [1.82, 2.24) is 10.6 Å². The molecule has 0 atom stereocenters. The molecule has 6 heteroatoms. The Hall–Kier alpha value is -2.24. The fourth-order valence-electron chi connectivity index (χ4n) is 1.85. The quantitative estimate of drug-likeness (QED) is 0.533. The molecule has 0 heterocycles. The molecule has 0 fully saturated rings. The monoisotopic (exact) mass is 320 g/mol. The minimum atomic E-state index is -0.473. The molecule has 6 nitrogen and oxygen atoms in total. The van der Waals surface area contributed by atoms with E-state index in [4.69, 9.17) is 0 Å². The Balaban J connectivity index is 2.55. The molecule has 0 saturated heterocycles. The number of nitrogens with zero attached hydrogens (tertiary/aromatic N) is 1. The first kappa shape index (κ1) is 18.8. The highest BCUT2D eigenvalue weighted by Crippen LogP contribution is 2.10. The van der Waals surface area contributed by atoms with Gasteiger partial charge in [0.05, 0.1) is 13.7 Å². The number of methoxy groups -OCH3 is 1. The first-order valence-electron chi connectivity index (χ1n) is 8.01. The van der Waals surface area contributed by atoms with Crippen molar-refractivity contribution < 1.29 is 9.53 Å². The van der Waals surface area contributed by atoms with Crippen LogP contribution in [0.5, 0.6) is 0 Å². The normalized spacial score (nSPS) is 11.3. The summed E-state index contributed by atoms with van der Waals surface area (Å²) < 4.78 is 4.56. The molecule has 0 aliphatic carbocycles. The number of hydrogen-bond donors (Lipinski definition) is 3. The Morgan fingerprint density at radius 1 is 1.22 bits per heavy atom. The second kappa shape index (κ2) is 10.5. The van der Waals surface area contributed by atoms with Gasteiger partial charge in [0.2, 0.25) is 0 Å². The van der Waals surface area contributed by atoms with Crippen LogP contribution in [0.25, 0.3) is 0 Å². The lowest BCUT2D eigenvalue weighted by molar-refractivity contribution is 0.187. The fraction of sp³-hybridized carbons (Fsp3) is 0.529. The number of guanidine groups is 1. The van der Waals surface area contributed by atoms with E-state index in [1.807, 2.05) is 31.2 Å². The van der Waals surface area contributed by atoms with Gasteiger partial charge in [-0.2, -0.15) is 0 Å². The van der Waals surface area contributed by atoms with E-state index in [0.29, 0.717) is 18.2 Å². The molecule has 0 unspecified atom stereocenters. The number of ether oxygens (including phenoxy) is 1. The van der Waals surface area contributed by atoms with Crippen molar-refractivity contribution >= 4 is 17.7 Å². The predicted molar refractivity (Wildman–Crippen MR) is 94.7 cm³/mol. The molecule has 23 heavy (non-hydrogen) atoms. The number of benzene rings is 1. The molecule has 0 aromatic heterocycles. The number of aliphatic imine (C=N–C) groups is 1. The summed E-state index contributed by atoms with van der Waals surface area (Å²) in [6.45, 7) is 8.77. The highest BCUT2D eigenvalue weighted by molar-refractivity contribution is 5.84. The molecule has 0 aliphatic rings. The molecular formula is C17H28N4O2. The maximum absolute atomic E-state index is 11.1. The van der Waals surface area contributed by atoms with Crippen LogP contribution in [0.15, 0.2) is 29.3 Å². The Bertz CT molecular complexity index is 498. The average molecular weight is 320 g/mol. The van der Waals surface area contributed by atoms with Gasteiger partial charge in [0.1, 0.15) is 0 Å². The van der Waals surface area contributed by atoms with Crippen molar-refractivity contribution in [3.63, 3.8) is 0 Å². The second-order valence-electron chi connectivity index (χ2n) is 5.62. The lowest BCUT2D eigenvalue weighted by Crippen LogP contribution is -2.38. The van der Waals surface area contributed by atoms with Gasteiger partial charge in [-0.05, 0) is 37.0 Å². The topological polar surface area (TPSA) is 74.8 Å². The summed E-state index contributed by atoms with van der Waals surface area (Å²) in [5, 5.41) is 9.19. The van der Waals surface area contributed by atoms with Crippen LogP contribution in [0.3, 0.4) is 0 Å². The zero-order valence-electron chi connectivity index (χ0n) is 14.5. The maximum Gasteiger partial charge on any atom is 0.411 e. The number of anilines is 1. The molecule has 0 radical (unpaired) electrons. The third kappa shape index (κ3) is 8.09. The summed E-state index contributed by atoms with van der Waals surface area (Å²) in [6, 6.07) is 7.54. The Morgan fingerprint density at radius 2 is 1.91 bits per heavy atom. The summed E-state index contributed by atoms with van der Waals surface area (Å²) >= 11 is 0. The number of carbonyl (C=O) groups is 1. The van der Waals surface area contributed by atoms with Crippen LogP contribution < -0.4 is 16.0 Å². The molecule has 0 spiro atoms. The van der Waals surface area contributed by atoms with Gasteiger partial charge in [-0.3, -0.25) is 5.32 Å². The molecule has 0 saturated carbocycles. The summed E-state index contributed by atoms with van der Waals surface area (Å²) in [5.74, 6) is 1.49. The zero-order chi connectivity index (χ0) is 17.1. The Morgan fingerprint density at radius 3 is 2.48 bits per heavy atom. The SMILES string of the molecule is CCNC(=NCc1ccc(NC(=O)OC)cc1)NCCC(C)C. The minimum Gasteiger partial charge on any atom is -0.453 e. The molecule has 0 bridgehead atoms. The number of hydrogen-bond acceptors (Lipinski definition) is 3. The molecule has 1 amide bonds. The van der Waals surface area contributed by atoms with E-state index in [2.05, 4.69) is 39.5 Å². The van der Waals surface area contributed by atoms with E-state index in [9.17, 15) is 4.79 Å². The van der Waals surface area contributed by atoms with E-state index >= 15 is 0 Å². The summed E-state index contributed by atoms with van der Waals surface area (Å²) in [7, 11) is 1.34. The predicted octanol–water partition coefficient (Wildman–Crippen LogP) is 2.97. The van der Waals surface area contributed by atoms with Crippen LogP contribution >= 0.6 is 0 Å². The standard InChI is InChI=1S/C17H28N4O2/c1-5-18-16(19-11-10-13(2)3)20-12-14-6-8-15(9-7-14)21-17(22)23-4/h6-9,13H,5,10-12H2,1-4H3,(H,21,22)(H2,18,19,20). The van der Waals surface area contributed by atoms with Crippen molar-refractivity contribution in [2.75, 3.05) is 25.5 Å². The van der Waals surface area contributed by atoms with E-state index in [1.165, 1.54) is 7.11 Å². The molecule has 1 rings (SSSR count). The van der Waals surface area contributed by atoms with E-state index < -0.39 is 6.09 Å². The first-order chi connectivity index (χ1) is 11.0. The van der Waals surface area contributed by atoms with Crippen LogP contribution in [0, 0.1) is 5.92 Å². The van der Waals surface area contributed by atoms with E-state index in [-0.39, 0.29) is 0 Å². The highest BCUT2D eigenvalue weighted by atomic mass is 16.5. The van der Waals surface area contributed by atoms with Crippen LogP contribution in [-0.4, -0.2) is 32.3 Å². The Kier molecular flexibility index (Phi) is 8.57. The van der Waals surface area contributed by atoms with Crippen molar-refractivity contribution in [2.24, 2.45) is 10.9 Å². The van der Waals surface area contributed by atoms with Gasteiger partial charge >= 0.3 is 6.09 Å². The van der Waals surface area contributed by atoms with Gasteiger partial charge < -0.3 is 15.4 Å². The van der Waals surface area contributed by atoms with Gasteiger partial charge in [0.25, 0.3) is 0 Å². The van der Waals surface area contributed by atoms with Crippen LogP contribution in [0.4, 0.5) is 10.5 Å². The number of amides is 1. The lowest BCUT2D eigenvalue weighted by atomic mass is 10.1. The van der Waals surface area contributed by atoms with Crippen LogP contribution in [0.1, 0.15) is 32.8 Å². The molecule has 3 N–H and O–H groups in total. The average Bonchev–Trinajstić information content (AvgIpc) is 2.53. The van der Waals surface area contributed by atoms with Gasteiger partial charge in [-0.1, -0.05) is 26.0 Å². The lowest BCUT2D eigenvalue weighted by Gasteiger charge is -2.12. The molecule has 0 aliphatic heterocycles. The van der Waals surface area contributed by atoms with Crippen molar-refractivity contribution in [3.8, 4) is 0 Å². The van der Waals surface area contributed by atoms with E-state index in [1.54, 1.807) is 0 Å². The van der Waals surface area contributed by atoms with Crippen molar-refractivity contribution in [3.05, 3.63) is 29.8 Å². The number of nitrogens with one attached hydrogen (secondary N) is 3. The second-order valence-corrected chi connectivity index (χ2v) is 5.62. The molecule has 128 valence electrons. The largest absolute Gasteiger partial charge is 0.453 e. The number of carbonyl (C=O) groups excluding carboxylic acids is 1. The third-order valence-corrected chi connectivity index (χ3v) is 3.16. The van der Waals surface area contributed by atoms with Crippen molar-refractivity contribution in [2.45, 2.75) is 33.7 Å². The van der Waals surface area contributed by atoms with Gasteiger partial charge in [-0.15, -0.1) is 0 Å². The molecular weight excluding hydrogens is 292 g/mol. The summed E-state index contributed by atoms with van der Waals surface area (Å²) in [6.07, 6.45) is 0.637.